The van der Waals surface area contributed by atoms with Crippen molar-refractivity contribution in [2.75, 3.05) is 5.32 Å². The molecule has 1 rings (SSSR count). The zero-order valence-electron chi connectivity index (χ0n) is 10.1. The molecule has 0 unspecified atom stereocenters. The van der Waals surface area contributed by atoms with Crippen LogP contribution in [0.3, 0.4) is 0 Å². The van der Waals surface area contributed by atoms with Crippen LogP contribution >= 0.6 is 0 Å². The van der Waals surface area contributed by atoms with Crippen LogP contribution in [0.4, 0.5) is 5.69 Å². The highest BCUT2D eigenvalue weighted by atomic mass is 16.4. The molecular weight excluding hydrogens is 232 g/mol. The van der Waals surface area contributed by atoms with Crippen molar-refractivity contribution in [3.05, 3.63) is 29.3 Å². The summed E-state index contributed by atoms with van der Waals surface area (Å²) in [4.78, 5) is 21.9. The number of carboxylic acid groups (broad SMARTS) is 1. The maximum atomic E-state index is 11.6. The van der Waals surface area contributed by atoms with Crippen LogP contribution in [-0.2, 0) is 9.59 Å². The third-order valence-electron chi connectivity index (χ3n) is 2.45. The first-order chi connectivity index (χ1) is 8.54. The van der Waals surface area contributed by atoms with Gasteiger partial charge in [-0.3, -0.25) is 9.59 Å². The normalized spacial score (nSPS) is 9.56. The standard InChI is InChI=1S/C13H14N2O3/c1-9-4-2-5-11(10(9)8-14)15-12(16)6-3-7-13(17)18/h2,4-5H,3,6-7H2,1H3,(H,15,16)(H,17,18). The smallest absolute Gasteiger partial charge is 0.303 e. The van der Waals surface area contributed by atoms with Gasteiger partial charge in [0.05, 0.1) is 11.3 Å². The van der Waals surface area contributed by atoms with Crippen molar-refractivity contribution in [3.8, 4) is 6.07 Å². The summed E-state index contributed by atoms with van der Waals surface area (Å²) >= 11 is 0. The Labute approximate surface area is 105 Å². The molecule has 0 aliphatic carbocycles. The largest absolute Gasteiger partial charge is 0.481 e. The molecular formula is C13H14N2O3. The number of hydrogen-bond acceptors (Lipinski definition) is 3. The van der Waals surface area contributed by atoms with E-state index in [0.717, 1.165) is 5.56 Å². The molecule has 1 aromatic carbocycles. The second kappa shape index (κ2) is 6.40. The summed E-state index contributed by atoms with van der Waals surface area (Å²) < 4.78 is 0. The zero-order valence-corrected chi connectivity index (χ0v) is 10.1. The van der Waals surface area contributed by atoms with E-state index in [1.165, 1.54) is 0 Å². The number of nitrogens with zero attached hydrogens (tertiary/aromatic N) is 1. The fourth-order valence-electron chi connectivity index (χ4n) is 1.53. The van der Waals surface area contributed by atoms with Crippen LogP contribution in [0.1, 0.15) is 30.4 Å². The van der Waals surface area contributed by atoms with Gasteiger partial charge >= 0.3 is 5.97 Å². The average molecular weight is 246 g/mol. The lowest BCUT2D eigenvalue weighted by Gasteiger charge is -2.08. The fourth-order valence-corrected chi connectivity index (χ4v) is 1.53. The Morgan fingerprint density at radius 3 is 2.72 bits per heavy atom. The first-order valence-electron chi connectivity index (χ1n) is 5.56. The summed E-state index contributed by atoms with van der Waals surface area (Å²) in [6, 6.07) is 7.23. The van der Waals surface area contributed by atoms with Gasteiger partial charge in [0, 0.05) is 12.8 Å². The quantitative estimate of drug-likeness (QED) is 0.832. The number of benzene rings is 1. The predicted molar refractivity (Wildman–Crippen MR) is 66.0 cm³/mol. The van der Waals surface area contributed by atoms with Gasteiger partial charge in [0.25, 0.3) is 0 Å². The van der Waals surface area contributed by atoms with E-state index in [1.807, 2.05) is 6.07 Å². The lowest BCUT2D eigenvalue weighted by Crippen LogP contribution is -2.13. The molecule has 2 N–H and O–H groups in total. The fraction of sp³-hybridized carbons (Fsp3) is 0.308. The summed E-state index contributed by atoms with van der Waals surface area (Å²) in [7, 11) is 0. The van der Waals surface area contributed by atoms with Gasteiger partial charge in [0.15, 0.2) is 0 Å². The molecule has 0 saturated carbocycles. The molecule has 18 heavy (non-hydrogen) atoms. The van der Waals surface area contributed by atoms with Gasteiger partial charge in [-0.2, -0.15) is 5.26 Å². The zero-order chi connectivity index (χ0) is 13.5. The number of anilines is 1. The van der Waals surface area contributed by atoms with Gasteiger partial charge in [-0.1, -0.05) is 12.1 Å². The van der Waals surface area contributed by atoms with Crippen molar-refractivity contribution >= 4 is 17.6 Å². The van der Waals surface area contributed by atoms with Crippen molar-refractivity contribution in [2.24, 2.45) is 0 Å². The van der Waals surface area contributed by atoms with Crippen LogP contribution in [-0.4, -0.2) is 17.0 Å². The molecule has 0 saturated heterocycles. The summed E-state index contributed by atoms with van der Waals surface area (Å²) in [6.07, 6.45) is 0.381. The summed E-state index contributed by atoms with van der Waals surface area (Å²) in [5.41, 5.74) is 1.70. The van der Waals surface area contributed by atoms with Crippen molar-refractivity contribution < 1.29 is 14.7 Å². The second-order valence-electron chi connectivity index (χ2n) is 3.90. The summed E-state index contributed by atoms with van der Waals surface area (Å²) in [5.74, 6) is -1.20. The number of amides is 1. The van der Waals surface area contributed by atoms with E-state index in [4.69, 9.17) is 10.4 Å². The maximum Gasteiger partial charge on any atom is 0.303 e. The number of nitrogens with one attached hydrogen (secondary N) is 1. The number of hydrogen-bond donors (Lipinski definition) is 2. The van der Waals surface area contributed by atoms with E-state index in [-0.39, 0.29) is 25.2 Å². The van der Waals surface area contributed by atoms with Crippen LogP contribution in [0.25, 0.3) is 0 Å². The van der Waals surface area contributed by atoms with Crippen LogP contribution in [0.15, 0.2) is 18.2 Å². The van der Waals surface area contributed by atoms with Gasteiger partial charge in [0.2, 0.25) is 5.91 Å². The first kappa shape index (κ1) is 13.7. The van der Waals surface area contributed by atoms with Crippen LogP contribution in [0.5, 0.6) is 0 Å². The number of carbonyl (C=O) groups is 2. The Morgan fingerprint density at radius 2 is 2.11 bits per heavy atom. The molecule has 0 aliphatic heterocycles. The Kier molecular flexibility index (Phi) is 4.88. The molecule has 0 heterocycles. The highest BCUT2D eigenvalue weighted by Crippen LogP contribution is 2.18. The minimum atomic E-state index is -0.920. The third kappa shape index (κ3) is 3.91. The van der Waals surface area contributed by atoms with E-state index in [1.54, 1.807) is 25.1 Å². The molecule has 1 amide bonds. The highest BCUT2D eigenvalue weighted by Gasteiger charge is 2.09. The number of carboxylic acids is 1. The van der Waals surface area contributed by atoms with Gasteiger partial charge in [-0.25, -0.2) is 0 Å². The molecule has 0 aliphatic rings. The van der Waals surface area contributed by atoms with E-state index < -0.39 is 5.97 Å². The monoisotopic (exact) mass is 246 g/mol. The SMILES string of the molecule is Cc1cccc(NC(=O)CCCC(=O)O)c1C#N. The van der Waals surface area contributed by atoms with Crippen LogP contribution < -0.4 is 5.32 Å². The van der Waals surface area contributed by atoms with Crippen molar-refractivity contribution in [2.45, 2.75) is 26.2 Å². The van der Waals surface area contributed by atoms with E-state index >= 15 is 0 Å². The minimum absolute atomic E-state index is 0.0354. The average Bonchev–Trinajstić information content (AvgIpc) is 2.28. The predicted octanol–water partition coefficient (Wildman–Crippen LogP) is 2.06. The molecule has 0 bridgehead atoms. The van der Waals surface area contributed by atoms with Gasteiger partial charge in [0.1, 0.15) is 6.07 Å². The molecule has 94 valence electrons. The van der Waals surface area contributed by atoms with Crippen molar-refractivity contribution in [3.63, 3.8) is 0 Å². The van der Waals surface area contributed by atoms with Crippen LogP contribution in [0.2, 0.25) is 0 Å². The topological polar surface area (TPSA) is 90.2 Å². The number of rotatable bonds is 5. The lowest BCUT2D eigenvalue weighted by atomic mass is 10.1. The Balaban J connectivity index is 2.63. The third-order valence-corrected chi connectivity index (χ3v) is 2.45. The lowest BCUT2D eigenvalue weighted by molar-refractivity contribution is -0.137. The number of carbonyl (C=O) groups excluding carboxylic acids is 1. The number of nitriles is 1. The minimum Gasteiger partial charge on any atom is -0.481 e. The molecule has 5 nitrogen and oxygen atoms in total. The van der Waals surface area contributed by atoms with Crippen molar-refractivity contribution in [1.82, 2.24) is 0 Å². The Bertz CT molecular complexity index is 503. The van der Waals surface area contributed by atoms with Gasteiger partial charge in [-0.05, 0) is 25.0 Å². The van der Waals surface area contributed by atoms with Gasteiger partial charge in [-0.15, -0.1) is 0 Å². The molecule has 0 radical (unpaired) electrons. The second-order valence-corrected chi connectivity index (χ2v) is 3.90. The van der Waals surface area contributed by atoms with E-state index in [9.17, 15) is 9.59 Å². The Morgan fingerprint density at radius 1 is 1.39 bits per heavy atom. The molecule has 0 atom stereocenters. The number of aliphatic carboxylic acids is 1. The van der Waals surface area contributed by atoms with Crippen LogP contribution in [0, 0.1) is 18.3 Å². The molecule has 0 spiro atoms. The van der Waals surface area contributed by atoms with Crippen molar-refractivity contribution in [1.29, 1.82) is 5.26 Å². The highest BCUT2D eigenvalue weighted by molar-refractivity contribution is 5.92. The Hall–Kier alpha value is -2.35. The van der Waals surface area contributed by atoms with E-state index in [2.05, 4.69) is 5.32 Å². The number of aryl methyl sites for hydroxylation is 1. The molecule has 0 fully saturated rings. The van der Waals surface area contributed by atoms with Gasteiger partial charge < -0.3 is 10.4 Å². The first-order valence-corrected chi connectivity index (χ1v) is 5.56. The molecule has 1 aromatic rings. The summed E-state index contributed by atoms with van der Waals surface area (Å²) in [5, 5.41) is 20.1. The maximum absolute atomic E-state index is 11.6. The molecule has 0 aromatic heterocycles. The summed E-state index contributed by atoms with van der Waals surface area (Å²) in [6.45, 7) is 1.79. The van der Waals surface area contributed by atoms with E-state index in [0.29, 0.717) is 11.3 Å². The molecule has 5 heteroatoms.